The van der Waals surface area contributed by atoms with Gasteiger partial charge in [0.2, 0.25) is 0 Å². The molecule has 176 valence electrons. The summed E-state index contributed by atoms with van der Waals surface area (Å²) in [6, 6.07) is 9.05. The number of halogens is 4. The molecule has 0 aliphatic rings. The maximum absolute atomic E-state index is 13.8. The van der Waals surface area contributed by atoms with Crippen LogP contribution in [0, 0.1) is 19.7 Å². The molecule has 2 amide bonds. The molecule has 0 aliphatic heterocycles. The van der Waals surface area contributed by atoms with Gasteiger partial charge >= 0.3 is 12.2 Å². The third-order valence-corrected chi connectivity index (χ3v) is 5.96. The molecule has 0 spiro atoms. The average molecular weight is 490 g/mol. The molecule has 0 bridgehead atoms. The highest BCUT2D eigenvalue weighted by Crippen LogP contribution is 2.37. The number of hydrogen-bond donors (Lipinski definition) is 3. The van der Waals surface area contributed by atoms with E-state index in [2.05, 4.69) is 15.6 Å². The van der Waals surface area contributed by atoms with Crippen LogP contribution >= 0.6 is 11.3 Å². The van der Waals surface area contributed by atoms with Crippen molar-refractivity contribution in [1.82, 2.24) is 4.98 Å². The first-order chi connectivity index (χ1) is 16.0. The van der Waals surface area contributed by atoms with E-state index in [0.29, 0.717) is 40.5 Å². The van der Waals surface area contributed by atoms with Crippen molar-refractivity contribution in [3.05, 3.63) is 71.0 Å². The monoisotopic (exact) mass is 490 g/mol. The SMILES string of the molecule is Cc1cc(Oc2ccc(NC(=O)Nc3cc(C(F)(F)F)ccc3F)cc2)c(C)c2sc(N)nc12. The maximum Gasteiger partial charge on any atom is 0.416 e. The summed E-state index contributed by atoms with van der Waals surface area (Å²) in [5, 5.41) is 5.00. The van der Waals surface area contributed by atoms with Crippen LogP contribution in [0.4, 0.5) is 38.9 Å². The van der Waals surface area contributed by atoms with E-state index in [-0.39, 0.29) is 0 Å². The van der Waals surface area contributed by atoms with Crippen LogP contribution in [0.5, 0.6) is 11.5 Å². The summed E-state index contributed by atoms with van der Waals surface area (Å²) >= 11 is 1.37. The van der Waals surface area contributed by atoms with Gasteiger partial charge in [0.05, 0.1) is 21.5 Å². The molecular weight excluding hydrogens is 472 g/mol. The molecule has 4 aromatic rings. The molecule has 6 nitrogen and oxygen atoms in total. The molecule has 0 saturated carbocycles. The number of hydrogen-bond acceptors (Lipinski definition) is 5. The van der Waals surface area contributed by atoms with Crippen molar-refractivity contribution in [1.29, 1.82) is 0 Å². The molecule has 0 aliphatic carbocycles. The van der Waals surface area contributed by atoms with E-state index in [1.54, 1.807) is 24.3 Å². The Morgan fingerprint density at radius 2 is 1.76 bits per heavy atom. The third kappa shape index (κ3) is 4.88. The Hall–Kier alpha value is -3.86. The van der Waals surface area contributed by atoms with Crippen LogP contribution in [0.3, 0.4) is 0 Å². The van der Waals surface area contributed by atoms with Crippen molar-refractivity contribution < 1.29 is 27.1 Å². The first-order valence-corrected chi connectivity index (χ1v) is 10.7. The van der Waals surface area contributed by atoms with Crippen molar-refractivity contribution in [2.24, 2.45) is 0 Å². The zero-order chi connectivity index (χ0) is 24.6. The summed E-state index contributed by atoms with van der Waals surface area (Å²) in [5.41, 5.74) is 7.13. The molecule has 0 radical (unpaired) electrons. The van der Waals surface area contributed by atoms with Crippen LogP contribution in [-0.2, 0) is 6.18 Å². The molecule has 11 heteroatoms. The maximum atomic E-state index is 13.8. The van der Waals surface area contributed by atoms with Gasteiger partial charge in [0.1, 0.15) is 17.3 Å². The largest absolute Gasteiger partial charge is 0.457 e. The number of alkyl halides is 3. The molecule has 3 aromatic carbocycles. The Balaban J connectivity index is 1.45. The number of carbonyl (C=O) groups is 1. The van der Waals surface area contributed by atoms with E-state index >= 15 is 0 Å². The van der Waals surface area contributed by atoms with Crippen LogP contribution in [-0.4, -0.2) is 11.0 Å². The van der Waals surface area contributed by atoms with Gasteiger partial charge in [0.15, 0.2) is 5.13 Å². The molecule has 0 fully saturated rings. The van der Waals surface area contributed by atoms with E-state index < -0.39 is 29.3 Å². The average Bonchev–Trinajstić information content (AvgIpc) is 3.16. The standard InChI is InChI=1S/C23H18F4N4O2S/c1-11-9-18(12(2)20-19(11)31-21(28)34-20)33-15-6-4-14(5-7-15)29-22(32)30-17-10-13(23(25,26)27)3-8-16(17)24/h3-10H,1-2H3,(H2,28,31)(H2,29,30,32). The number of benzene rings is 3. The molecule has 1 heterocycles. The minimum absolute atomic E-state index is 0.329. The number of amides is 2. The molecule has 0 saturated heterocycles. The minimum atomic E-state index is -4.66. The Morgan fingerprint density at radius 3 is 2.44 bits per heavy atom. The number of ether oxygens (including phenoxy) is 1. The molecule has 1 aromatic heterocycles. The van der Waals surface area contributed by atoms with Crippen LogP contribution in [0.1, 0.15) is 16.7 Å². The van der Waals surface area contributed by atoms with Crippen LogP contribution in [0.15, 0.2) is 48.5 Å². The van der Waals surface area contributed by atoms with E-state index in [1.807, 2.05) is 19.9 Å². The lowest BCUT2D eigenvalue weighted by Gasteiger charge is -2.13. The lowest BCUT2D eigenvalue weighted by Crippen LogP contribution is -2.20. The lowest BCUT2D eigenvalue weighted by molar-refractivity contribution is -0.137. The van der Waals surface area contributed by atoms with Gasteiger partial charge in [-0.15, -0.1) is 0 Å². The highest BCUT2D eigenvalue weighted by Gasteiger charge is 2.31. The number of fused-ring (bicyclic) bond motifs is 1. The summed E-state index contributed by atoms with van der Waals surface area (Å²) in [4.78, 5) is 16.5. The fourth-order valence-corrected chi connectivity index (χ4v) is 4.17. The van der Waals surface area contributed by atoms with E-state index in [4.69, 9.17) is 10.5 Å². The van der Waals surface area contributed by atoms with Crippen molar-refractivity contribution in [2.75, 3.05) is 16.4 Å². The number of anilines is 3. The minimum Gasteiger partial charge on any atom is -0.457 e. The fourth-order valence-electron chi connectivity index (χ4n) is 3.26. The van der Waals surface area contributed by atoms with Gasteiger partial charge < -0.3 is 21.1 Å². The van der Waals surface area contributed by atoms with Crippen LogP contribution in [0.2, 0.25) is 0 Å². The number of nitrogen functional groups attached to an aromatic ring is 1. The first kappa shape index (κ1) is 23.3. The number of nitrogens with two attached hydrogens (primary N) is 1. The van der Waals surface area contributed by atoms with Crippen molar-refractivity contribution >= 4 is 44.1 Å². The van der Waals surface area contributed by atoms with Crippen LogP contribution < -0.4 is 21.1 Å². The molecule has 34 heavy (non-hydrogen) atoms. The second kappa shape index (κ2) is 8.82. The number of nitrogens with one attached hydrogen (secondary N) is 2. The summed E-state index contributed by atoms with van der Waals surface area (Å²) in [5.74, 6) is 0.138. The van der Waals surface area contributed by atoms with E-state index in [9.17, 15) is 22.4 Å². The van der Waals surface area contributed by atoms with Crippen molar-refractivity contribution in [3.63, 3.8) is 0 Å². The summed E-state index contributed by atoms with van der Waals surface area (Å²) in [6.45, 7) is 3.81. The summed E-state index contributed by atoms with van der Waals surface area (Å²) in [7, 11) is 0. The highest BCUT2D eigenvalue weighted by molar-refractivity contribution is 7.22. The van der Waals surface area contributed by atoms with Crippen molar-refractivity contribution in [3.8, 4) is 11.5 Å². The second-order valence-corrected chi connectivity index (χ2v) is 8.48. The summed E-state index contributed by atoms with van der Waals surface area (Å²) in [6.07, 6.45) is -4.66. The van der Waals surface area contributed by atoms with Gasteiger partial charge in [-0.3, -0.25) is 0 Å². The molecule has 4 N–H and O–H groups in total. The Bertz CT molecular complexity index is 1380. The number of rotatable bonds is 4. The zero-order valence-electron chi connectivity index (χ0n) is 17.9. The molecule has 0 unspecified atom stereocenters. The number of urea groups is 1. The van der Waals surface area contributed by atoms with Gasteiger partial charge in [-0.05, 0) is 67.9 Å². The first-order valence-electron chi connectivity index (χ1n) is 9.90. The predicted octanol–water partition coefficient (Wildman–Crippen LogP) is 7.09. The Morgan fingerprint density at radius 1 is 1.06 bits per heavy atom. The molecule has 4 rings (SSSR count). The van der Waals surface area contributed by atoms with Gasteiger partial charge in [-0.1, -0.05) is 11.3 Å². The van der Waals surface area contributed by atoms with E-state index in [1.165, 1.54) is 11.3 Å². The normalized spacial score (nSPS) is 11.5. The number of aryl methyl sites for hydroxylation is 2. The number of aromatic nitrogens is 1. The number of carbonyl (C=O) groups excluding carboxylic acids is 1. The highest BCUT2D eigenvalue weighted by atomic mass is 32.1. The molecular formula is C23H18F4N4O2S. The number of nitrogens with zero attached hydrogens (tertiary/aromatic N) is 1. The quantitative estimate of drug-likeness (QED) is 0.267. The van der Waals surface area contributed by atoms with Crippen molar-refractivity contribution in [2.45, 2.75) is 20.0 Å². The predicted molar refractivity (Wildman–Crippen MR) is 124 cm³/mol. The van der Waals surface area contributed by atoms with Gasteiger partial charge in [0, 0.05) is 11.3 Å². The fraction of sp³-hybridized carbons (Fsp3) is 0.130. The Labute approximate surface area is 195 Å². The van der Waals surface area contributed by atoms with Gasteiger partial charge in [-0.2, -0.15) is 13.2 Å². The van der Waals surface area contributed by atoms with Gasteiger partial charge in [0.25, 0.3) is 0 Å². The third-order valence-electron chi connectivity index (χ3n) is 4.96. The van der Waals surface area contributed by atoms with Gasteiger partial charge in [-0.25, -0.2) is 14.2 Å². The number of thiazole rings is 1. The Kier molecular flexibility index (Phi) is 6.05. The second-order valence-electron chi connectivity index (χ2n) is 7.44. The molecule has 0 atom stereocenters. The van der Waals surface area contributed by atoms with E-state index in [0.717, 1.165) is 21.3 Å². The topological polar surface area (TPSA) is 89.3 Å². The lowest BCUT2D eigenvalue weighted by atomic mass is 10.1. The summed E-state index contributed by atoms with van der Waals surface area (Å²) < 4.78 is 59.2. The van der Waals surface area contributed by atoms with Crippen LogP contribution in [0.25, 0.3) is 10.2 Å². The smallest absolute Gasteiger partial charge is 0.416 e. The zero-order valence-corrected chi connectivity index (χ0v) is 18.7.